The van der Waals surface area contributed by atoms with Gasteiger partial charge in [-0.25, -0.2) is 0 Å². The fourth-order valence-corrected chi connectivity index (χ4v) is 6.96. The lowest BCUT2D eigenvalue weighted by Crippen LogP contribution is -2.74. The molecule has 2 aliphatic carbocycles. The number of nitrogens with zero attached hydrogens (tertiary/aromatic N) is 1. The molecule has 2 aromatic carbocycles. The third kappa shape index (κ3) is 1.67. The van der Waals surface area contributed by atoms with Crippen LogP contribution in [-0.2, 0) is 18.3 Å². The third-order valence-electron chi connectivity index (χ3n) is 8.10. The Morgan fingerprint density at radius 3 is 2.97 bits per heavy atom. The van der Waals surface area contributed by atoms with Crippen molar-refractivity contribution >= 4 is 11.0 Å². The minimum Gasteiger partial charge on any atom is -0.504 e. The van der Waals surface area contributed by atoms with Crippen molar-refractivity contribution in [3.05, 3.63) is 71.5 Å². The van der Waals surface area contributed by atoms with Gasteiger partial charge in [0.2, 0.25) is 0 Å². The molecule has 4 aliphatic rings. The minimum atomic E-state index is -1.01. The van der Waals surface area contributed by atoms with Gasteiger partial charge >= 0.3 is 0 Å². The fraction of sp³-hybridized carbons (Fsp3) is 0.360. The first-order chi connectivity index (χ1) is 14.6. The van der Waals surface area contributed by atoms with E-state index >= 15 is 0 Å². The van der Waals surface area contributed by atoms with Crippen LogP contribution in [0.25, 0.3) is 11.0 Å². The number of rotatable bonds is 2. The quantitative estimate of drug-likeness (QED) is 0.642. The minimum absolute atomic E-state index is 0.0415. The number of likely N-dealkylation sites (tertiary alicyclic amines) is 1. The maximum Gasteiger partial charge on any atom is 0.169 e. The maximum absolute atomic E-state index is 12.5. The zero-order valence-electron chi connectivity index (χ0n) is 16.6. The second-order valence-electron chi connectivity index (χ2n) is 9.21. The van der Waals surface area contributed by atoms with Crippen LogP contribution in [0.15, 0.2) is 53.5 Å². The van der Waals surface area contributed by atoms with Crippen LogP contribution in [0.5, 0.6) is 11.5 Å². The van der Waals surface area contributed by atoms with Gasteiger partial charge < -0.3 is 19.4 Å². The van der Waals surface area contributed by atoms with Gasteiger partial charge in [0.1, 0.15) is 11.3 Å². The molecule has 7 rings (SSSR count). The molecule has 0 saturated carbocycles. The van der Waals surface area contributed by atoms with Gasteiger partial charge in [-0.3, -0.25) is 4.90 Å². The molecular weight excluding hydrogens is 378 g/mol. The van der Waals surface area contributed by atoms with Crippen molar-refractivity contribution in [2.24, 2.45) is 0 Å². The zero-order chi connectivity index (χ0) is 20.3. The van der Waals surface area contributed by atoms with Crippen molar-refractivity contribution in [1.29, 1.82) is 0 Å². The highest BCUT2D eigenvalue weighted by molar-refractivity contribution is 5.84. The number of hydrogen-bond donors (Lipinski definition) is 2. The van der Waals surface area contributed by atoms with E-state index in [1.54, 1.807) is 6.07 Å². The topological polar surface area (TPSA) is 66.1 Å². The van der Waals surface area contributed by atoms with E-state index in [4.69, 9.17) is 9.15 Å². The molecule has 152 valence electrons. The van der Waals surface area contributed by atoms with Crippen molar-refractivity contribution in [1.82, 2.24) is 4.90 Å². The second-order valence-corrected chi connectivity index (χ2v) is 9.21. The summed E-state index contributed by atoms with van der Waals surface area (Å²) in [5, 5.41) is 24.2. The number of aromatic hydroxyl groups is 1. The number of furan rings is 1. The molecule has 30 heavy (non-hydrogen) atoms. The first kappa shape index (κ1) is 17.0. The molecule has 3 aromatic rings. The molecule has 1 saturated heterocycles. The summed E-state index contributed by atoms with van der Waals surface area (Å²) in [6.07, 6.45) is 3.48. The summed E-state index contributed by atoms with van der Waals surface area (Å²) in [6, 6.07) is 11.7. The largest absolute Gasteiger partial charge is 0.504 e. The van der Waals surface area contributed by atoms with Gasteiger partial charge in [0.05, 0.1) is 11.0 Å². The van der Waals surface area contributed by atoms with Crippen molar-refractivity contribution < 1.29 is 19.4 Å². The van der Waals surface area contributed by atoms with Crippen molar-refractivity contribution in [2.75, 3.05) is 13.1 Å². The van der Waals surface area contributed by atoms with Crippen LogP contribution >= 0.6 is 0 Å². The number of hydrogen-bond acceptors (Lipinski definition) is 5. The van der Waals surface area contributed by atoms with E-state index in [0.29, 0.717) is 12.2 Å². The Morgan fingerprint density at radius 1 is 1.23 bits per heavy atom. The van der Waals surface area contributed by atoms with Gasteiger partial charge in [-0.2, -0.15) is 0 Å². The van der Waals surface area contributed by atoms with Crippen molar-refractivity contribution in [3.8, 4) is 11.5 Å². The van der Waals surface area contributed by atoms with Crippen LogP contribution in [0.3, 0.4) is 0 Å². The average Bonchev–Trinajstić information content (AvgIpc) is 3.27. The monoisotopic (exact) mass is 401 g/mol. The van der Waals surface area contributed by atoms with E-state index in [-0.39, 0.29) is 11.8 Å². The number of para-hydroxylation sites is 1. The van der Waals surface area contributed by atoms with Gasteiger partial charge in [0, 0.05) is 42.1 Å². The van der Waals surface area contributed by atoms with Gasteiger partial charge in [-0.15, -0.1) is 6.58 Å². The fourth-order valence-electron chi connectivity index (χ4n) is 6.96. The lowest BCUT2D eigenvalue weighted by atomic mass is 9.49. The van der Waals surface area contributed by atoms with E-state index in [1.807, 2.05) is 30.3 Å². The van der Waals surface area contributed by atoms with E-state index < -0.39 is 17.1 Å². The molecule has 1 fully saturated rings. The highest BCUT2D eigenvalue weighted by atomic mass is 16.5. The van der Waals surface area contributed by atoms with E-state index in [2.05, 4.69) is 17.5 Å². The number of phenols is 1. The molecule has 1 spiro atoms. The molecule has 5 heteroatoms. The van der Waals surface area contributed by atoms with Gasteiger partial charge in [-0.05, 0) is 30.5 Å². The first-order valence-electron chi connectivity index (χ1n) is 10.7. The molecule has 1 aromatic heterocycles. The summed E-state index contributed by atoms with van der Waals surface area (Å²) in [5.41, 5.74) is 2.39. The number of ether oxygens (including phenoxy) is 1. The first-order valence-corrected chi connectivity index (χ1v) is 10.7. The molecule has 3 heterocycles. The summed E-state index contributed by atoms with van der Waals surface area (Å²) in [4.78, 5) is 2.36. The predicted octanol–water partition coefficient (Wildman–Crippen LogP) is 3.61. The highest BCUT2D eigenvalue weighted by Crippen LogP contribution is 2.69. The van der Waals surface area contributed by atoms with Crippen molar-refractivity contribution in [3.63, 3.8) is 0 Å². The number of aliphatic hydroxyl groups is 1. The Kier molecular flexibility index (Phi) is 2.99. The number of benzene rings is 2. The second kappa shape index (κ2) is 5.29. The van der Waals surface area contributed by atoms with Gasteiger partial charge in [0.15, 0.2) is 17.6 Å². The van der Waals surface area contributed by atoms with Gasteiger partial charge in [-0.1, -0.05) is 30.3 Å². The van der Waals surface area contributed by atoms with Crippen LogP contribution in [0.4, 0.5) is 0 Å². The molecule has 0 radical (unpaired) electrons. The standard InChI is InChI=1S/C25H23NO4/c1-2-10-26-11-9-24-20-14-7-8-17(27)22(20)30-23(24)21-16(13-25(24,28)19(26)12-14)15-5-3-4-6-18(15)29-21/h2-8,19,23,27-28H,1,9-13H2. The van der Waals surface area contributed by atoms with E-state index in [9.17, 15) is 10.2 Å². The highest BCUT2D eigenvalue weighted by Gasteiger charge is 2.73. The Morgan fingerprint density at radius 2 is 2.10 bits per heavy atom. The molecule has 2 N–H and O–H groups in total. The summed E-state index contributed by atoms with van der Waals surface area (Å²) >= 11 is 0. The Bertz CT molecular complexity index is 1250. The van der Waals surface area contributed by atoms with Crippen LogP contribution in [0, 0.1) is 0 Å². The molecule has 0 amide bonds. The molecule has 2 bridgehead atoms. The van der Waals surface area contributed by atoms with Crippen LogP contribution in [0.2, 0.25) is 0 Å². The van der Waals surface area contributed by atoms with Crippen molar-refractivity contribution in [2.45, 2.75) is 42.4 Å². The normalized spacial score (nSPS) is 33.1. The van der Waals surface area contributed by atoms with Crippen LogP contribution in [-0.4, -0.2) is 39.8 Å². The summed E-state index contributed by atoms with van der Waals surface area (Å²) < 4.78 is 12.8. The lowest BCUT2D eigenvalue weighted by Gasteiger charge is -2.62. The van der Waals surface area contributed by atoms with E-state index in [1.165, 1.54) is 0 Å². The van der Waals surface area contributed by atoms with Crippen LogP contribution < -0.4 is 4.74 Å². The molecule has 2 aliphatic heterocycles. The summed E-state index contributed by atoms with van der Waals surface area (Å²) in [6.45, 7) is 5.53. The number of phenolic OH excluding ortho intramolecular Hbond substituents is 1. The predicted molar refractivity (Wildman–Crippen MR) is 112 cm³/mol. The van der Waals surface area contributed by atoms with E-state index in [0.717, 1.165) is 59.4 Å². The lowest BCUT2D eigenvalue weighted by molar-refractivity contribution is -0.173. The molecular formula is C25H23NO4. The molecule has 4 atom stereocenters. The molecule has 5 nitrogen and oxygen atoms in total. The smallest absolute Gasteiger partial charge is 0.169 e. The Balaban J connectivity index is 1.57. The average molecular weight is 401 g/mol. The zero-order valence-corrected chi connectivity index (χ0v) is 16.6. The number of piperidine rings is 1. The Hall–Kier alpha value is -2.76. The SMILES string of the molecule is C=CCN1CCC23c4c5ccc(O)c4OC2c2oc4ccccc4c2CC3(O)C1C5. The third-order valence-corrected chi connectivity index (χ3v) is 8.10. The molecule has 4 unspecified atom stereocenters. The van der Waals surface area contributed by atoms with Crippen LogP contribution in [0.1, 0.15) is 35.0 Å². The van der Waals surface area contributed by atoms with Gasteiger partial charge in [0.25, 0.3) is 0 Å². The summed E-state index contributed by atoms with van der Waals surface area (Å²) in [7, 11) is 0. The number of fused-ring (bicyclic) bond motifs is 4. The maximum atomic E-state index is 12.5. The Labute approximate surface area is 174 Å². The summed E-state index contributed by atoms with van der Waals surface area (Å²) in [5.74, 6) is 1.48.